The Hall–Kier alpha value is -1.62. The minimum Gasteiger partial charge on any atom is -0.346 e. The quantitative estimate of drug-likeness (QED) is 0.845. The first-order valence-corrected chi connectivity index (χ1v) is 6.46. The summed E-state index contributed by atoms with van der Waals surface area (Å²) in [6, 6.07) is 2.61. The van der Waals surface area contributed by atoms with Crippen molar-refractivity contribution in [1.29, 1.82) is 0 Å². The second-order valence-corrected chi connectivity index (χ2v) is 4.44. The highest BCUT2D eigenvalue weighted by Crippen LogP contribution is 2.17. The molecule has 0 saturated carbocycles. The first-order valence-electron chi connectivity index (χ1n) is 6.46. The summed E-state index contributed by atoms with van der Waals surface area (Å²) in [5, 5.41) is 7.57. The average Bonchev–Trinajstić information content (AvgIpc) is 2.97. The average molecular weight is 247 g/mol. The monoisotopic (exact) mass is 247 g/mol. The third-order valence-electron chi connectivity index (χ3n) is 3.16. The molecule has 0 aliphatic rings. The highest BCUT2D eigenvalue weighted by molar-refractivity contribution is 5.16. The molecule has 0 radical (unpaired) electrons. The van der Waals surface area contributed by atoms with Gasteiger partial charge in [0, 0.05) is 25.5 Å². The summed E-state index contributed by atoms with van der Waals surface area (Å²) < 4.78 is 3.96. The van der Waals surface area contributed by atoms with Gasteiger partial charge in [-0.15, -0.1) is 0 Å². The Morgan fingerprint density at radius 3 is 2.83 bits per heavy atom. The van der Waals surface area contributed by atoms with Gasteiger partial charge < -0.3 is 9.88 Å². The van der Waals surface area contributed by atoms with Crippen LogP contribution >= 0.6 is 0 Å². The Bertz CT molecular complexity index is 485. The van der Waals surface area contributed by atoms with Crippen LogP contribution in [0.25, 0.3) is 0 Å². The van der Waals surface area contributed by atoms with Crippen molar-refractivity contribution in [3.05, 3.63) is 36.2 Å². The van der Waals surface area contributed by atoms with Gasteiger partial charge in [-0.25, -0.2) is 4.98 Å². The second kappa shape index (κ2) is 5.82. The molecule has 0 spiro atoms. The summed E-state index contributed by atoms with van der Waals surface area (Å²) in [7, 11) is 1.92. The topological polar surface area (TPSA) is 47.7 Å². The minimum atomic E-state index is 0.441. The maximum absolute atomic E-state index is 4.24. The van der Waals surface area contributed by atoms with E-state index in [9.17, 15) is 0 Å². The number of hydrogen-bond donors (Lipinski definition) is 1. The highest BCUT2D eigenvalue weighted by Gasteiger charge is 2.09. The van der Waals surface area contributed by atoms with Crippen molar-refractivity contribution in [2.75, 3.05) is 6.54 Å². The Morgan fingerprint density at radius 2 is 2.22 bits per heavy atom. The number of nitrogens with one attached hydrogen (secondary N) is 1. The summed E-state index contributed by atoms with van der Waals surface area (Å²) in [6.45, 7) is 6.10. The van der Waals surface area contributed by atoms with Gasteiger partial charge in [0.1, 0.15) is 12.2 Å². The molecular formula is C13H21N5. The Balaban J connectivity index is 2.08. The van der Waals surface area contributed by atoms with Crippen LogP contribution in [0.5, 0.6) is 0 Å². The first kappa shape index (κ1) is 12.8. The smallest absolute Gasteiger partial charge is 0.146 e. The van der Waals surface area contributed by atoms with E-state index in [-0.39, 0.29) is 0 Å². The van der Waals surface area contributed by atoms with E-state index in [0.29, 0.717) is 6.04 Å². The van der Waals surface area contributed by atoms with Crippen LogP contribution in [0.2, 0.25) is 0 Å². The summed E-state index contributed by atoms with van der Waals surface area (Å²) in [5.41, 5.74) is 1.33. The summed E-state index contributed by atoms with van der Waals surface area (Å²) in [4.78, 5) is 4.24. The maximum atomic E-state index is 4.24. The van der Waals surface area contributed by atoms with E-state index in [0.717, 1.165) is 25.3 Å². The van der Waals surface area contributed by atoms with Crippen molar-refractivity contribution in [2.24, 2.45) is 7.05 Å². The molecule has 98 valence electrons. The molecule has 0 aliphatic heterocycles. The van der Waals surface area contributed by atoms with Gasteiger partial charge in [0.15, 0.2) is 0 Å². The lowest BCUT2D eigenvalue weighted by atomic mass is 10.1. The molecule has 2 aromatic heterocycles. The first-order chi connectivity index (χ1) is 8.74. The number of aromatic nitrogens is 4. The van der Waals surface area contributed by atoms with Crippen molar-refractivity contribution in [2.45, 2.75) is 32.9 Å². The molecule has 5 nitrogen and oxygen atoms in total. The van der Waals surface area contributed by atoms with Crippen LogP contribution in [0, 0.1) is 0 Å². The van der Waals surface area contributed by atoms with Gasteiger partial charge in [-0.3, -0.25) is 4.68 Å². The van der Waals surface area contributed by atoms with Crippen molar-refractivity contribution in [1.82, 2.24) is 24.6 Å². The third kappa shape index (κ3) is 2.79. The molecule has 5 heteroatoms. The number of hydrogen-bond acceptors (Lipinski definition) is 3. The van der Waals surface area contributed by atoms with Crippen molar-refractivity contribution in [3.63, 3.8) is 0 Å². The molecule has 2 heterocycles. The zero-order chi connectivity index (χ0) is 13.0. The summed E-state index contributed by atoms with van der Waals surface area (Å²) >= 11 is 0. The number of aryl methyl sites for hydroxylation is 1. The lowest BCUT2D eigenvalue weighted by Gasteiger charge is -2.13. The molecule has 2 aromatic rings. The van der Waals surface area contributed by atoms with Gasteiger partial charge in [0.05, 0.1) is 6.54 Å². The fourth-order valence-corrected chi connectivity index (χ4v) is 2.13. The van der Waals surface area contributed by atoms with E-state index in [1.165, 1.54) is 5.56 Å². The zero-order valence-corrected chi connectivity index (χ0v) is 11.3. The molecule has 18 heavy (non-hydrogen) atoms. The fraction of sp³-hybridized carbons (Fsp3) is 0.538. The fourth-order valence-electron chi connectivity index (χ4n) is 2.13. The van der Waals surface area contributed by atoms with Crippen LogP contribution in [0.4, 0.5) is 0 Å². The predicted octanol–water partition coefficient (Wildman–Crippen LogP) is 1.73. The van der Waals surface area contributed by atoms with E-state index in [1.54, 1.807) is 11.0 Å². The molecule has 2 rings (SSSR count). The standard InChI is InChI=1S/C13H21N5/c1-4-12(14-5-2)11-6-7-18(8-11)9-13-15-10-16-17(13)3/h6-8,10,12,14H,4-5,9H2,1-3H3. The number of rotatable bonds is 6. The van der Waals surface area contributed by atoms with Crippen molar-refractivity contribution >= 4 is 0 Å². The Kier molecular flexibility index (Phi) is 4.15. The Morgan fingerprint density at radius 1 is 1.39 bits per heavy atom. The molecule has 0 fully saturated rings. The second-order valence-electron chi connectivity index (χ2n) is 4.44. The van der Waals surface area contributed by atoms with Crippen LogP contribution in [-0.2, 0) is 13.6 Å². The van der Waals surface area contributed by atoms with Crippen LogP contribution in [-0.4, -0.2) is 25.9 Å². The lowest BCUT2D eigenvalue weighted by Crippen LogP contribution is -2.19. The summed E-state index contributed by atoms with van der Waals surface area (Å²) in [5.74, 6) is 0.966. The molecule has 0 aliphatic carbocycles. The van der Waals surface area contributed by atoms with Gasteiger partial charge >= 0.3 is 0 Å². The SMILES string of the molecule is CCNC(CC)c1ccn(Cc2ncnn2C)c1. The normalized spacial score (nSPS) is 12.8. The van der Waals surface area contributed by atoms with Gasteiger partial charge in [-0.05, 0) is 24.6 Å². The van der Waals surface area contributed by atoms with E-state index >= 15 is 0 Å². The predicted molar refractivity (Wildman–Crippen MR) is 71.2 cm³/mol. The van der Waals surface area contributed by atoms with Crippen molar-refractivity contribution < 1.29 is 0 Å². The Labute approximate surface area is 108 Å². The van der Waals surface area contributed by atoms with Crippen LogP contribution in [0.15, 0.2) is 24.8 Å². The van der Waals surface area contributed by atoms with Crippen LogP contribution < -0.4 is 5.32 Å². The molecular weight excluding hydrogens is 226 g/mol. The zero-order valence-electron chi connectivity index (χ0n) is 11.3. The van der Waals surface area contributed by atoms with E-state index in [1.807, 2.05) is 7.05 Å². The van der Waals surface area contributed by atoms with Crippen molar-refractivity contribution in [3.8, 4) is 0 Å². The maximum Gasteiger partial charge on any atom is 0.146 e. The van der Waals surface area contributed by atoms with E-state index < -0.39 is 0 Å². The molecule has 0 saturated heterocycles. The molecule has 0 aromatic carbocycles. The molecule has 0 bridgehead atoms. The van der Waals surface area contributed by atoms with E-state index in [2.05, 4.69) is 52.3 Å². The number of nitrogens with zero attached hydrogens (tertiary/aromatic N) is 4. The van der Waals surface area contributed by atoms with Gasteiger partial charge in [-0.2, -0.15) is 5.10 Å². The largest absolute Gasteiger partial charge is 0.346 e. The van der Waals surface area contributed by atoms with Crippen LogP contribution in [0.3, 0.4) is 0 Å². The van der Waals surface area contributed by atoms with Gasteiger partial charge in [0.2, 0.25) is 0 Å². The van der Waals surface area contributed by atoms with E-state index in [4.69, 9.17) is 0 Å². The summed E-state index contributed by atoms with van der Waals surface area (Å²) in [6.07, 6.45) is 6.98. The molecule has 1 unspecified atom stereocenters. The highest BCUT2D eigenvalue weighted by atomic mass is 15.3. The van der Waals surface area contributed by atoms with Crippen LogP contribution in [0.1, 0.15) is 37.7 Å². The lowest BCUT2D eigenvalue weighted by molar-refractivity contribution is 0.536. The molecule has 1 N–H and O–H groups in total. The minimum absolute atomic E-state index is 0.441. The van der Waals surface area contributed by atoms with Gasteiger partial charge in [0.25, 0.3) is 0 Å². The third-order valence-corrected chi connectivity index (χ3v) is 3.16. The molecule has 0 amide bonds. The molecule has 1 atom stereocenters. The van der Waals surface area contributed by atoms with Gasteiger partial charge in [-0.1, -0.05) is 13.8 Å².